The van der Waals surface area contributed by atoms with Crippen molar-refractivity contribution in [2.45, 2.75) is 51.4 Å². The first-order valence-electron chi connectivity index (χ1n) is 6.94. The van der Waals surface area contributed by atoms with Crippen LogP contribution >= 0.6 is 0 Å². The van der Waals surface area contributed by atoms with E-state index in [0.717, 1.165) is 25.7 Å². The van der Waals surface area contributed by atoms with E-state index in [1.165, 1.54) is 11.1 Å². The van der Waals surface area contributed by atoms with Gasteiger partial charge in [-0.1, -0.05) is 38.1 Å². The van der Waals surface area contributed by atoms with Crippen molar-refractivity contribution in [3.05, 3.63) is 35.4 Å². The van der Waals surface area contributed by atoms with Crippen LogP contribution in [0.5, 0.6) is 0 Å². The highest BCUT2D eigenvalue weighted by molar-refractivity contribution is 5.70. The summed E-state index contributed by atoms with van der Waals surface area (Å²) in [5.41, 5.74) is 2.69. The highest BCUT2D eigenvalue weighted by Crippen LogP contribution is 2.38. The van der Waals surface area contributed by atoms with Crippen molar-refractivity contribution in [2.75, 3.05) is 0 Å². The highest BCUT2D eigenvalue weighted by atomic mass is 16.4. The summed E-state index contributed by atoms with van der Waals surface area (Å²) in [4.78, 5) is 11.0. The molecular weight excluding hydrogens is 224 g/mol. The maximum Gasteiger partial charge on any atom is 0.306 e. The van der Waals surface area contributed by atoms with Gasteiger partial charge in [-0.05, 0) is 48.6 Å². The Labute approximate surface area is 109 Å². The summed E-state index contributed by atoms with van der Waals surface area (Å²) in [6.45, 7) is 4.44. The topological polar surface area (TPSA) is 37.3 Å². The lowest BCUT2D eigenvalue weighted by Gasteiger charge is -2.13. The van der Waals surface area contributed by atoms with E-state index in [0.29, 0.717) is 11.8 Å². The van der Waals surface area contributed by atoms with Crippen molar-refractivity contribution in [3.8, 4) is 0 Å². The number of benzene rings is 1. The second-order valence-corrected chi connectivity index (χ2v) is 5.52. The lowest BCUT2D eigenvalue weighted by molar-refractivity contribution is -0.141. The largest absolute Gasteiger partial charge is 0.481 e. The van der Waals surface area contributed by atoms with Gasteiger partial charge in [-0.25, -0.2) is 0 Å². The number of rotatable bonds is 4. The summed E-state index contributed by atoms with van der Waals surface area (Å²) in [5.74, 6) is 0.282. The van der Waals surface area contributed by atoms with Gasteiger partial charge in [0.25, 0.3) is 0 Å². The number of carboxylic acids is 1. The molecule has 1 N–H and O–H groups in total. The van der Waals surface area contributed by atoms with Crippen LogP contribution in [0.2, 0.25) is 0 Å². The van der Waals surface area contributed by atoms with E-state index in [9.17, 15) is 4.79 Å². The molecular formula is C16H22O2. The molecule has 0 bridgehead atoms. The standard InChI is InChI=1S/C16H22O2/c1-3-11(2)12-4-6-13(7-5-12)14-8-9-15(10-14)16(17)18/h4-7,11,14-15H,3,8-10H2,1-2H3,(H,17,18). The van der Waals surface area contributed by atoms with Crippen molar-refractivity contribution in [1.82, 2.24) is 0 Å². The van der Waals surface area contributed by atoms with Crippen LogP contribution in [0, 0.1) is 5.92 Å². The summed E-state index contributed by atoms with van der Waals surface area (Å²) < 4.78 is 0. The van der Waals surface area contributed by atoms with Gasteiger partial charge in [0.2, 0.25) is 0 Å². The number of aliphatic carboxylic acids is 1. The number of hydrogen-bond donors (Lipinski definition) is 1. The van der Waals surface area contributed by atoms with Gasteiger partial charge in [0.1, 0.15) is 0 Å². The molecule has 2 heteroatoms. The Hall–Kier alpha value is -1.31. The predicted molar refractivity (Wildman–Crippen MR) is 72.9 cm³/mol. The molecule has 2 nitrogen and oxygen atoms in total. The van der Waals surface area contributed by atoms with Crippen LogP contribution in [-0.2, 0) is 4.79 Å². The van der Waals surface area contributed by atoms with Gasteiger partial charge >= 0.3 is 5.97 Å². The average Bonchev–Trinajstić information content (AvgIpc) is 2.88. The minimum Gasteiger partial charge on any atom is -0.481 e. The fraction of sp³-hybridized carbons (Fsp3) is 0.562. The lowest BCUT2D eigenvalue weighted by Crippen LogP contribution is -2.09. The van der Waals surface area contributed by atoms with Gasteiger partial charge in [-0.3, -0.25) is 4.79 Å². The van der Waals surface area contributed by atoms with Gasteiger partial charge in [-0.15, -0.1) is 0 Å². The molecule has 1 aliphatic rings. The van der Waals surface area contributed by atoms with E-state index in [2.05, 4.69) is 38.1 Å². The van der Waals surface area contributed by atoms with Crippen molar-refractivity contribution in [3.63, 3.8) is 0 Å². The third-order valence-corrected chi connectivity index (χ3v) is 4.37. The van der Waals surface area contributed by atoms with Gasteiger partial charge in [0.15, 0.2) is 0 Å². The zero-order chi connectivity index (χ0) is 13.1. The van der Waals surface area contributed by atoms with Crippen LogP contribution in [0.3, 0.4) is 0 Å². The molecule has 0 spiro atoms. The van der Waals surface area contributed by atoms with Gasteiger partial charge in [0, 0.05) is 0 Å². The van der Waals surface area contributed by atoms with E-state index in [-0.39, 0.29) is 5.92 Å². The third-order valence-electron chi connectivity index (χ3n) is 4.37. The lowest BCUT2D eigenvalue weighted by atomic mass is 9.92. The van der Waals surface area contributed by atoms with Crippen LogP contribution in [0.15, 0.2) is 24.3 Å². The van der Waals surface area contributed by atoms with Gasteiger partial charge < -0.3 is 5.11 Å². The van der Waals surface area contributed by atoms with E-state index in [4.69, 9.17) is 5.11 Å². The normalized spacial score (nSPS) is 25.0. The molecule has 0 heterocycles. The fourth-order valence-corrected chi connectivity index (χ4v) is 2.84. The first kappa shape index (κ1) is 13.1. The van der Waals surface area contributed by atoms with Crippen molar-refractivity contribution in [1.29, 1.82) is 0 Å². The predicted octanol–water partition coefficient (Wildman–Crippen LogP) is 4.17. The summed E-state index contributed by atoms with van der Waals surface area (Å²) in [6, 6.07) is 8.79. The molecule has 2 rings (SSSR count). The van der Waals surface area contributed by atoms with Crippen LogP contribution in [0.1, 0.15) is 62.5 Å². The van der Waals surface area contributed by atoms with E-state index >= 15 is 0 Å². The SMILES string of the molecule is CCC(C)c1ccc(C2CCC(C(=O)O)C2)cc1. The summed E-state index contributed by atoms with van der Waals surface area (Å²) in [7, 11) is 0. The van der Waals surface area contributed by atoms with E-state index < -0.39 is 5.97 Å². The Balaban J connectivity index is 2.05. The molecule has 3 atom stereocenters. The highest BCUT2D eigenvalue weighted by Gasteiger charge is 2.30. The molecule has 1 aliphatic carbocycles. The Morgan fingerprint density at radius 3 is 2.50 bits per heavy atom. The van der Waals surface area contributed by atoms with Crippen molar-refractivity contribution < 1.29 is 9.90 Å². The summed E-state index contributed by atoms with van der Waals surface area (Å²) in [5, 5.41) is 9.03. The molecule has 1 saturated carbocycles. The zero-order valence-electron chi connectivity index (χ0n) is 11.2. The second-order valence-electron chi connectivity index (χ2n) is 5.52. The Morgan fingerprint density at radius 2 is 2.00 bits per heavy atom. The molecule has 1 aromatic carbocycles. The third kappa shape index (κ3) is 2.74. The first-order chi connectivity index (χ1) is 8.61. The molecule has 0 saturated heterocycles. The van der Waals surface area contributed by atoms with Gasteiger partial charge in [0.05, 0.1) is 5.92 Å². The maximum atomic E-state index is 11.0. The molecule has 1 aromatic rings. The van der Waals surface area contributed by atoms with Crippen LogP contribution in [-0.4, -0.2) is 11.1 Å². The van der Waals surface area contributed by atoms with Gasteiger partial charge in [-0.2, -0.15) is 0 Å². The minimum atomic E-state index is -0.631. The molecule has 18 heavy (non-hydrogen) atoms. The maximum absolute atomic E-state index is 11.0. The van der Waals surface area contributed by atoms with Crippen LogP contribution < -0.4 is 0 Å². The van der Waals surface area contributed by atoms with E-state index in [1.54, 1.807) is 0 Å². The quantitative estimate of drug-likeness (QED) is 0.865. The molecule has 0 aliphatic heterocycles. The number of carbonyl (C=O) groups is 1. The van der Waals surface area contributed by atoms with Crippen LogP contribution in [0.25, 0.3) is 0 Å². The smallest absolute Gasteiger partial charge is 0.306 e. The minimum absolute atomic E-state index is 0.135. The Kier molecular flexibility index (Phi) is 4.05. The molecule has 0 amide bonds. The first-order valence-corrected chi connectivity index (χ1v) is 6.94. The molecule has 98 valence electrons. The second kappa shape index (κ2) is 5.55. The summed E-state index contributed by atoms with van der Waals surface area (Å²) in [6.07, 6.45) is 3.80. The summed E-state index contributed by atoms with van der Waals surface area (Å²) >= 11 is 0. The van der Waals surface area contributed by atoms with Crippen LogP contribution in [0.4, 0.5) is 0 Å². The van der Waals surface area contributed by atoms with Crippen molar-refractivity contribution in [2.24, 2.45) is 5.92 Å². The zero-order valence-corrected chi connectivity index (χ0v) is 11.2. The number of hydrogen-bond acceptors (Lipinski definition) is 1. The molecule has 3 unspecified atom stereocenters. The van der Waals surface area contributed by atoms with Crippen molar-refractivity contribution >= 4 is 5.97 Å². The number of carboxylic acid groups (broad SMARTS) is 1. The fourth-order valence-electron chi connectivity index (χ4n) is 2.84. The molecule has 0 aromatic heterocycles. The van der Waals surface area contributed by atoms with E-state index in [1.807, 2.05) is 0 Å². The Morgan fingerprint density at radius 1 is 1.33 bits per heavy atom. The molecule has 1 fully saturated rings. The molecule has 0 radical (unpaired) electrons. The Bertz CT molecular complexity index is 408. The average molecular weight is 246 g/mol. The monoisotopic (exact) mass is 246 g/mol.